The predicted octanol–water partition coefficient (Wildman–Crippen LogP) is 4.48. The van der Waals surface area contributed by atoms with Gasteiger partial charge in [0.25, 0.3) is 0 Å². The third-order valence-corrected chi connectivity index (χ3v) is 11.3. The summed E-state index contributed by atoms with van der Waals surface area (Å²) < 4.78 is 0. The van der Waals surface area contributed by atoms with Crippen LogP contribution in [-0.2, 0) is 19.2 Å². The minimum absolute atomic E-state index is 0.0109. The summed E-state index contributed by atoms with van der Waals surface area (Å²) in [5.41, 5.74) is -0.610. The standard InChI is InChI=1S/C29H42O6/c1-14(16(3)27(34)35)7-8-15(2)18-9-10-19-23-22(31)13-20-17(4)21(30)11-12-28(20,5)24(23)25(32)26(33)29(18,19)6/h15-21,23-24,30H,1,7-13H2,2-6H3,(H,34,35)/t15-,16?,17+,18-,19+,20+,21-,23?,24?,28+,29-/m1/s1. The van der Waals surface area contributed by atoms with Crippen LogP contribution in [0.1, 0.15) is 79.6 Å². The molecule has 0 amide bonds. The van der Waals surface area contributed by atoms with E-state index in [2.05, 4.69) is 20.4 Å². The van der Waals surface area contributed by atoms with Crippen LogP contribution in [0.4, 0.5) is 0 Å². The number of Topliss-reactive ketones (excluding diaryl/α,β-unsaturated/α-hetero) is 3. The van der Waals surface area contributed by atoms with Crippen molar-refractivity contribution in [2.45, 2.75) is 85.7 Å². The van der Waals surface area contributed by atoms with Crippen molar-refractivity contribution in [2.24, 2.45) is 58.2 Å². The molecule has 0 heterocycles. The zero-order chi connectivity index (χ0) is 26.0. The van der Waals surface area contributed by atoms with Crippen LogP contribution in [0.15, 0.2) is 12.2 Å². The Kier molecular flexibility index (Phi) is 6.70. The van der Waals surface area contributed by atoms with Gasteiger partial charge in [0.2, 0.25) is 11.6 Å². The molecule has 11 atom stereocenters. The Morgan fingerprint density at radius 1 is 1.11 bits per heavy atom. The largest absolute Gasteiger partial charge is 0.481 e. The lowest BCUT2D eigenvalue weighted by Crippen LogP contribution is -2.65. The molecule has 0 aromatic carbocycles. The van der Waals surface area contributed by atoms with E-state index in [1.165, 1.54) is 0 Å². The Hall–Kier alpha value is -1.82. The van der Waals surface area contributed by atoms with Crippen molar-refractivity contribution >= 4 is 23.3 Å². The van der Waals surface area contributed by atoms with Crippen LogP contribution in [0.5, 0.6) is 0 Å². The molecule has 3 unspecified atom stereocenters. The zero-order valence-electron chi connectivity index (χ0n) is 21.9. The maximum absolute atomic E-state index is 13.9. The molecule has 6 heteroatoms. The van der Waals surface area contributed by atoms with Gasteiger partial charge in [-0.3, -0.25) is 19.2 Å². The molecule has 4 saturated carbocycles. The Bertz CT molecular complexity index is 953. The molecule has 0 saturated heterocycles. The molecule has 0 bridgehead atoms. The van der Waals surface area contributed by atoms with Crippen LogP contribution in [-0.4, -0.2) is 39.6 Å². The number of hydrogen-bond donors (Lipinski definition) is 2. The number of carboxylic acid groups (broad SMARTS) is 1. The Labute approximate surface area is 208 Å². The van der Waals surface area contributed by atoms with Gasteiger partial charge < -0.3 is 10.2 Å². The second-order valence-electron chi connectivity index (χ2n) is 12.8. The summed E-state index contributed by atoms with van der Waals surface area (Å²) in [6.07, 6.45) is 4.04. The van der Waals surface area contributed by atoms with Crippen molar-refractivity contribution in [3.63, 3.8) is 0 Å². The van der Waals surface area contributed by atoms with Gasteiger partial charge in [-0.05, 0) is 80.5 Å². The first-order chi connectivity index (χ1) is 16.3. The fraction of sp³-hybridized carbons (Fsp3) is 0.793. The van der Waals surface area contributed by atoms with Crippen molar-refractivity contribution in [3.05, 3.63) is 12.2 Å². The maximum atomic E-state index is 13.9. The Balaban J connectivity index is 1.61. The smallest absolute Gasteiger partial charge is 0.310 e. The third-order valence-electron chi connectivity index (χ3n) is 11.3. The van der Waals surface area contributed by atoms with Crippen LogP contribution in [0.2, 0.25) is 0 Å². The number of ketones is 3. The highest BCUT2D eigenvalue weighted by Gasteiger charge is 2.70. The number of aliphatic hydroxyl groups is 1. The van der Waals surface area contributed by atoms with Gasteiger partial charge in [0.15, 0.2) is 0 Å². The lowest BCUT2D eigenvalue weighted by atomic mass is 9.42. The van der Waals surface area contributed by atoms with Crippen LogP contribution in [0.3, 0.4) is 0 Å². The third kappa shape index (κ3) is 3.77. The molecule has 194 valence electrons. The lowest BCUT2D eigenvalue weighted by molar-refractivity contribution is -0.180. The summed E-state index contributed by atoms with van der Waals surface area (Å²) in [6.45, 7) is 13.7. The average Bonchev–Trinajstić information content (AvgIpc) is 3.16. The lowest BCUT2D eigenvalue weighted by Gasteiger charge is -2.59. The summed E-state index contributed by atoms with van der Waals surface area (Å²) in [4.78, 5) is 52.7. The van der Waals surface area contributed by atoms with Gasteiger partial charge in [-0.2, -0.15) is 0 Å². The summed E-state index contributed by atoms with van der Waals surface area (Å²) in [5.74, 6) is -3.19. The first-order valence-electron chi connectivity index (χ1n) is 13.5. The van der Waals surface area contributed by atoms with Gasteiger partial charge in [0, 0.05) is 23.7 Å². The van der Waals surface area contributed by atoms with Gasteiger partial charge in [-0.1, -0.05) is 39.8 Å². The molecule has 4 aliphatic rings. The second-order valence-corrected chi connectivity index (χ2v) is 12.8. The van der Waals surface area contributed by atoms with Crippen LogP contribution >= 0.6 is 0 Å². The van der Waals surface area contributed by atoms with E-state index in [4.69, 9.17) is 0 Å². The first kappa shape index (κ1) is 26.2. The minimum atomic E-state index is -0.887. The van der Waals surface area contributed by atoms with E-state index < -0.39 is 40.7 Å². The molecule has 0 radical (unpaired) electrons. The SMILES string of the molecule is C=C(CC[C@@H](C)[C@H]1CC[C@H]2C3C(=O)C[C@H]4[C@H](C)[C@H](O)CC[C@]4(C)C3C(=O)C(=O)[C@]12C)C(C)C(=O)O. The van der Waals surface area contributed by atoms with E-state index >= 15 is 0 Å². The molecule has 0 aromatic rings. The maximum Gasteiger partial charge on any atom is 0.310 e. The van der Waals surface area contributed by atoms with E-state index in [9.17, 15) is 29.4 Å². The summed E-state index contributed by atoms with van der Waals surface area (Å²) in [7, 11) is 0. The molecular weight excluding hydrogens is 444 g/mol. The highest BCUT2D eigenvalue weighted by atomic mass is 16.4. The molecule has 4 fully saturated rings. The van der Waals surface area contributed by atoms with Crippen LogP contribution < -0.4 is 0 Å². The van der Waals surface area contributed by atoms with Crippen LogP contribution in [0, 0.1) is 58.2 Å². The van der Waals surface area contributed by atoms with E-state index in [0.29, 0.717) is 37.7 Å². The molecular formula is C29H42O6. The van der Waals surface area contributed by atoms with Crippen LogP contribution in [0.25, 0.3) is 0 Å². The number of carbonyl (C=O) groups excluding carboxylic acids is 3. The van der Waals surface area contributed by atoms with E-state index in [-0.39, 0.29) is 46.9 Å². The normalized spacial score (nSPS) is 44.7. The molecule has 4 rings (SSSR count). The van der Waals surface area contributed by atoms with Gasteiger partial charge in [0.05, 0.1) is 12.0 Å². The highest BCUT2D eigenvalue weighted by Crippen LogP contribution is 2.66. The van der Waals surface area contributed by atoms with Crippen molar-refractivity contribution in [3.8, 4) is 0 Å². The van der Waals surface area contributed by atoms with Crippen molar-refractivity contribution in [1.29, 1.82) is 0 Å². The molecule has 0 spiro atoms. The Morgan fingerprint density at radius 2 is 1.77 bits per heavy atom. The fourth-order valence-electron chi connectivity index (χ4n) is 8.86. The average molecular weight is 487 g/mol. The number of aliphatic carboxylic acids is 1. The molecule has 35 heavy (non-hydrogen) atoms. The Morgan fingerprint density at radius 3 is 2.40 bits per heavy atom. The number of hydrogen-bond acceptors (Lipinski definition) is 5. The number of carbonyl (C=O) groups is 4. The topological polar surface area (TPSA) is 109 Å². The monoisotopic (exact) mass is 486 g/mol. The number of carboxylic acids is 1. The second kappa shape index (κ2) is 8.93. The molecule has 6 nitrogen and oxygen atoms in total. The van der Waals surface area contributed by atoms with Gasteiger partial charge >= 0.3 is 5.97 Å². The highest BCUT2D eigenvalue weighted by molar-refractivity contribution is 6.41. The minimum Gasteiger partial charge on any atom is -0.481 e. The molecule has 0 aliphatic heterocycles. The fourth-order valence-corrected chi connectivity index (χ4v) is 8.86. The van der Waals surface area contributed by atoms with E-state index in [1.54, 1.807) is 6.92 Å². The van der Waals surface area contributed by atoms with Gasteiger partial charge in [-0.15, -0.1) is 0 Å². The molecule has 4 aliphatic carbocycles. The number of aliphatic hydroxyl groups excluding tert-OH is 1. The first-order valence-corrected chi connectivity index (χ1v) is 13.5. The summed E-state index contributed by atoms with van der Waals surface area (Å²) in [6, 6.07) is 0. The molecule has 2 N–H and O–H groups in total. The van der Waals surface area contributed by atoms with Crippen molar-refractivity contribution in [1.82, 2.24) is 0 Å². The summed E-state index contributed by atoms with van der Waals surface area (Å²) >= 11 is 0. The zero-order valence-corrected chi connectivity index (χ0v) is 21.9. The van der Waals surface area contributed by atoms with Crippen molar-refractivity contribution in [2.75, 3.05) is 0 Å². The van der Waals surface area contributed by atoms with E-state index in [0.717, 1.165) is 12.8 Å². The van der Waals surface area contributed by atoms with Gasteiger partial charge in [0.1, 0.15) is 5.78 Å². The predicted molar refractivity (Wildman–Crippen MR) is 131 cm³/mol. The summed E-state index contributed by atoms with van der Waals surface area (Å²) in [5, 5.41) is 19.7. The van der Waals surface area contributed by atoms with Gasteiger partial charge in [-0.25, -0.2) is 0 Å². The number of fused-ring (bicyclic) bond motifs is 5. The van der Waals surface area contributed by atoms with E-state index in [1.807, 2.05) is 13.8 Å². The number of rotatable bonds is 6. The molecule has 0 aromatic heterocycles. The van der Waals surface area contributed by atoms with Crippen molar-refractivity contribution < 1.29 is 29.4 Å². The quantitative estimate of drug-likeness (QED) is 0.423.